The smallest absolute Gasteiger partial charge is 0.207 e. The van der Waals surface area contributed by atoms with E-state index in [0.29, 0.717) is 36.3 Å². The molecule has 132 valence electrons. The molecule has 5 nitrogen and oxygen atoms in total. The first-order valence-corrected chi connectivity index (χ1v) is 8.10. The Kier molecular flexibility index (Phi) is 6.57. The van der Waals surface area contributed by atoms with Crippen molar-refractivity contribution in [2.45, 2.75) is 25.8 Å². The first-order chi connectivity index (χ1) is 12.1. The van der Waals surface area contributed by atoms with Gasteiger partial charge in [-0.15, -0.1) is 0 Å². The molecule has 1 unspecified atom stereocenters. The largest absolute Gasteiger partial charge is 0.493 e. The molecule has 1 atom stereocenters. The van der Waals surface area contributed by atoms with Gasteiger partial charge in [-0.05, 0) is 36.6 Å². The molecule has 0 spiro atoms. The van der Waals surface area contributed by atoms with Gasteiger partial charge in [0.15, 0.2) is 17.3 Å². The maximum Gasteiger partial charge on any atom is 0.207 e. The summed E-state index contributed by atoms with van der Waals surface area (Å²) in [6.07, 6.45) is 1.49. The highest BCUT2D eigenvalue weighted by Gasteiger charge is 2.18. The number of rotatable bonds is 9. The minimum absolute atomic E-state index is 0.000422. The molecule has 2 aromatic rings. The second-order valence-electron chi connectivity index (χ2n) is 5.84. The quantitative estimate of drug-likeness (QED) is 0.563. The lowest BCUT2D eigenvalue weighted by molar-refractivity contribution is -0.110. The summed E-state index contributed by atoms with van der Waals surface area (Å²) in [7, 11) is 3.10. The van der Waals surface area contributed by atoms with Crippen molar-refractivity contribution < 1.29 is 19.1 Å². The molecule has 0 aliphatic carbocycles. The van der Waals surface area contributed by atoms with E-state index in [2.05, 4.69) is 5.32 Å². The fourth-order valence-electron chi connectivity index (χ4n) is 2.73. The molecule has 0 bridgehead atoms. The Morgan fingerprint density at radius 3 is 2.36 bits per heavy atom. The molecule has 0 heterocycles. The van der Waals surface area contributed by atoms with Crippen LogP contribution < -0.4 is 14.8 Å². The molecule has 1 N–H and O–H groups in total. The predicted octanol–water partition coefficient (Wildman–Crippen LogP) is 2.81. The summed E-state index contributed by atoms with van der Waals surface area (Å²) in [4.78, 5) is 23.5. The number of amides is 1. The molecule has 25 heavy (non-hydrogen) atoms. The second kappa shape index (κ2) is 8.87. The van der Waals surface area contributed by atoms with Gasteiger partial charge in [-0.2, -0.15) is 0 Å². The number of Topliss-reactive ketones (excluding diaryl/α,β-unsaturated/α-hetero) is 1. The predicted molar refractivity (Wildman–Crippen MR) is 96.4 cm³/mol. The molecule has 0 saturated heterocycles. The molecular formula is C20H23NO4. The Morgan fingerprint density at radius 1 is 1.12 bits per heavy atom. The summed E-state index contributed by atoms with van der Waals surface area (Å²) in [6, 6.07) is 13.0. The van der Waals surface area contributed by atoms with E-state index in [4.69, 9.17) is 9.47 Å². The van der Waals surface area contributed by atoms with Gasteiger partial charge in [0.25, 0.3) is 0 Å². The van der Waals surface area contributed by atoms with Gasteiger partial charge in [0.05, 0.1) is 14.2 Å². The van der Waals surface area contributed by atoms with Crippen molar-refractivity contribution in [1.29, 1.82) is 0 Å². The van der Waals surface area contributed by atoms with E-state index < -0.39 is 0 Å². The summed E-state index contributed by atoms with van der Waals surface area (Å²) in [5, 5.41) is 2.71. The van der Waals surface area contributed by atoms with Crippen molar-refractivity contribution in [1.82, 2.24) is 5.32 Å². The number of ether oxygens (including phenoxy) is 2. The highest BCUT2D eigenvalue weighted by atomic mass is 16.5. The Bertz CT molecular complexity index is 728. The van der Waals surface area contributed by atoms with Crippen molar-refractivity contribution >= 4 is 12.2 Å². The third kappa shape index (κ3) is 4.83. The number of hydrogen-bond donors (Lipinski definition) is 1. The van der Waals surface area contributed by atoms with Gasteiger partial charge in [0.2, 0.25) is 6.41 Å². The maximum absolute atomic E-state index is 12.9. The lowest BCUT2D eigenvalue weighted by Crippen LogP contribution is -2.27. The van der Waals surface area contributed by atoms with Gasteiger partial charge in [0.1, 0.15) is 0 Å². The van der Waals surface area contributed by atoms with Crippen molar-refractivity contribution in [2.75, 3.05) is 14.2 Å². The first-order valence-electron chi connectivity index (χ1n) is 8.10. The Hall–Kier alpha value is -2.82. The van der Waals surface area contributed by atoms with E-state index >= 15 is 0 Å². The minimum atomic E-state index is -0.0983. The molecule has 2 aromatic carbocycles. The van der Waals surface area contributed by atoms with E-state index in [1.54, 1.807) is 26.4 Å². The summed E-state index contributed by atoms with van der Waals surface area (Å²) in [6.45, 7) is 1.89. The topological polar surface area (TPSA) is 64.6 Å². The van der Waals surface area contributed by atoms with Crippen LogP contribution in [0.15, 0.2) is 42.5 Å². The molecule has 5 heteroatoms. The molecule has 1 amide bonds. The average molecular weight is 341 g/mol. The fraction of sp³-hybridized carbons (Fsp3) is 0.300. The Balaban J connectivity index is 2.38. The van der Waals surface area contributed by atoms with Gasteiger partial charge < -0.3 is 14.8 Å². The van der Waals surface area contributed by atoms with E-state index in [9.17, 15) is 9.59 Å². The monoisotopic (exact) mass is 341 g/mol. The van der Waals surface area contributed by atoms with Gasteiger partial charge in [0, 0.05) is 18.0 Å². The van der Waals surface area contributed by atoms with Crippen molar-refractivity contribution in [2.24, 2.45) is 0 Å². The molecule has 0 fully saturated rings. The highest BCUT2D eigenvalue weighted by molar-refractivity contribution is 5.99. The SMILES string of the molecule is COc1cc(CC(C)NC=O)c(C(=O)Cc2ccccc2)cc1OC. The number of nitrogens with one attached hydrogen (secondary N) is 1. The van der Waals surface area contributed by atoms with Gasteiger partial charge in [-0.25, -0.2) is 0 Å². The highest BCUT2D eigenvalue weighted by Crippen LogP contribution is 2.32. The molecule has 0 aliphatic heterocycles. The van der Waals surface area contributed by atoms with Crippen LogP contribution in [0, 0.1) is 0 Å². The zero-order valence-corrected chi connectivity index (χ0v) is 14.7. The first kappa shape index (κ1) is 18.5. The second-order valence-corrected chi connectivity index (χ2v) is 5.84. The minimum Gasteiger partial charge on any atom is -0.493 e. The van der Waals surface area contributed by atoms with Crippen LogP contribution in [0.1, 0.15) is 28.4 Å². The molecule has 2 rings (SSSR count). The van der Waals surface area contributed by atoms with E-state index in [1.165, 1.54) is 0 Å². The van der Waals surface area contributed by atoms with Gasteiger partial charge in [-0.1, -0.05) is 30.3 Å². The van der Waals surface area contributed by atoms with Crippen molar-refractivity contribution in [3.05, 3.63) is 59.2 Å². The van der Waals surface area contributed by atoms with Crippen LogP contribution in [0.2, 0.25) is 0 Å². The summed E-state index contributed by atoms with van der Waals surface area (Å²) >= 11 is 0. The van der Waals surface area contributed by atoms with Crippen molar-refractivity contribution in [3.63, 3.8) is 0 Å². The third-order valence-electron chi connectivity index (χ3n) is 4.00. The molecule has 0 aliphatic rings. The molecule has 0 radical (unpaired) electrons. The van der Waals surface area contributed by atoms with Crippen LogP contribution in [0.5, 0.6) is 11.5 Å². The summed E-state index contributed by atoms with van der Waals surface area (Å²) in [5.41, 5.74) is 2.36. The number of benzene rings is 2. The van der Waals surface area contributed by atoms with E-state index in [0.717, 1.165) is 11.1 Å². The average Bonchev–Trinajstić information content (AvgIpc) is 2.62. The lowest BCUT2D eigenvalue weighted by Gasteiger charge is -2.17. The van der Waals surface area contributed by atoms with Crippen LogP contribution >= 0.6 is 0 Å². The number of ketones is 1. The van der Waals surface area contributed by atoms with Crippen LogP contribution in [0.4, 0.5) is 0 Å². The van der Waals surface area contributed by atoms with E-state index in [1.807, 2.05) is 37.3 Å². The van der Waals surface area contributed by atoms with Crippen molar-refractivity contribution in [3.8, 4) is 11.5 Å². The third-order valence-corrected chi connectivity index (χ3v) is 4.00. The molecule has 0 aromatic heterocycles. The van der Waals surface area contributed by atoms with Gasteiger partial charge in [-0.3, -0.25) is 9.59 Å². The maximum atomic E-state index is 12.9. The standard InChI is InChI=1S/C20H23NO4/c1-14(21-13-22)9-16-11-19(24-2)20(25-3)12-17(16)18(23)10-15-7-5-4-6-8-15/h4-8,11-14H,9-10H2,1-3H3,(H,21,22). The fourth-order valence-corrected chi connectivity index (χ4v) is 2.73. The van der Waals surface area contributed by atoms with Crippen LogP contribution in [-0.4, -0.2) is 32.5 Å². The Labute approximate surface area is 148 Å². The number of carbonyl (C=O) groups excluding carboxylic acids is 2. The molecular weight excluding hydrogens is 318 g/mol. The van der Waals surface area contributed by atoms with Gasteiger partial charge >= 0.3 is 0 Å². The van der Waals surface area contributed by atoms with Crippen LogP contribution in [0.3, 0.4) is 0 Å². The number of carbonyl (C=O) groups is 2. The number of hydrogen-bond acceptors (Lipinski definition) is 4. The summed E-state index contributed by atoms with van der Waals surface area (Å²) < 4.78 is 10.7. The Morgan fingerprint density at radius 2 is 1.76 bits per heavy atom. The molecule has 0 saturated carbocycles. The zero-order chi connectivity index (χ0) is 18.2. The zero-order valence-electron chi connectivity index (χ0n) is 14.7. The summed E-state index contributed by atoms with van der Waals surface area (Å²) in [5.74, 6) is 1.08. The number of methoxy groups -OCH3 is 2. The van der Waals surface area contributed by atoms with Crippen LogP contribution in [-0.2, 0) is 17.6 Å². The lowest BCUT2D eigenvalue weighted by atomic mass is 9.94. The van der Waals surface area contributed by atoms with Crippen LogP contribution in [0.25, 0.3) is 0 Å². The van der Waals surface area contributed by atoms with E-state index in [-0.39, 0.29) is 11.8 Å². The normalized spacial score (nSPS) is 11.5.